The molecule has 0 aliphatic rings. The number of pyridine rings is 2. The summed E-state index contributed by atoms with van der Waals surface area (Å²) >= 11 is 0. The van der Waals surface area contributed by atoms with Gasteiger partial charge in [0.2, 0.25) is 17.7 Å². The molecule has 5 rings (SSSR count). The van der Waals surface area contributed by atoms with Crippen LogP contribution in [-0.4, -0.2) is 49.7 Å². The lowest BCUT2D eigenvalue weighted by molar-refractivity contribution is 0.396. The van der Waals surface area contributed by atoms with E-state index in [-0.39, 0.29) is 35.4 Å². The molecule has 12 nitrogen and oxygen atoms in total. The second-order valence-electron chi connectivity index (χ2n) is 8.59. The number of hydrogen-bond donors (Lipinski definition) is 2. The smallest absolute Gasteiger partial charge is 0.264 e. The van der Waals surface area contributed by atoms with E-state index in [1.54, 1.807) is 42.7 Å². The fourth-order valence-electron chi connectivity index (χ4n) is 4.23. The number of benzene rings is 1. The van der Waals surface area contributed by atoms with E-state index in [0.29, 0.717) is 46.2 Å². The molecule has 0 amide bonds. The molecule has 0 spiro atoms. The van der Waals surface area contributed by atoms with E-state index in [2.05, 4.69) is 30.4 Å². The van der Waals surface area contributed by atoms with Crippen molar-refractivity contribution in [3.8, 4) is 51.3 Å². The minimum atomic E-state index is -0.567. The average molecular weight is 531 g/mol. The molecule has 1 aromatic carbocycles. The van der Waals surface area contributed by atoms with Gasteiger partial charge in [-0.05, 0) is 37.1 Å². The van der Waals surface area contributed by atoms with Gasteiger partial charge in [0.05, 0.1) is 30.9 Å². The van der Waals surface area contributed by atoms with Crippen molar-refractivity contribution in [2.45, 2.75) is 32.6 Å². The van der Waals surface area contributed by atoms with Gasteiger partial charge in [-0.15, -0.1) is 20.4 Å². The van der Waals surface area contributed by atoms with Crippen LogP contribution in [0.25, 0.3) is 34.0 Å². The topological polar surface area (TPSA) is 162 Å². The first kappa shape index (κ1) is 25.6. The van der Waals surface area contributed by atoms with Gasteiger partial charge in [-0.3, -0.25) is 9.78 Å². The number of unbranched alkanes of at least 4 members (excludes halogenated alkanes) is 1. The van der Waals surface area contributed by atoms with Crippen molar-refractivity contribution in [2.24, 2.45) is 0 Å². The molecule has 0 radical (unpaired) electrons. The molecule has 200 valence electrons. The van der Waals surface area contributed by atoms with Crippen LogP contribution in [0.5, 0.6) is 17.2 Å². The molecule has 4 heterocycles. The minimum absolute atomic E-state index is 0.0285. The fourth-order valence-corrected chi connectivity index (χ4v) is 4.23. The average Bonchev–Trinajstić information content (AvgIpc) is 3.62. The summed E-state index contributed by atoms with van der Waals surface area (Å²) in [6, 6.07) is 8.83. The zero-order chi connectivity index (χ0) is 27.4. The van der Waals surface area contributed by atoms with Crippen LogP contribution < -0.4 is 15.0 Å². The Balaban J connectivity index is 1.55. The Morgan fingerprint density at radius 2 is 1.59 bits per heavy atom. The summed E-state index contributed by atoms with van der Waals surface area (Å²) < 4.78 is 22.6. The van der Waals surface area contributed by atoms with Gasteiger partial charge in [0.15, 0.2) is 0 Å². The number of methoxy groups -OCH3 is 2. The van der Waals surface area contributed by atoms with Crippen LogP contribution in [0.15, 0.2) is 56.4 Å². The number of ether oxygens (including phenoxy) is 2. The Labute approximate surface area is 222 Å². The van der Waals surface area contributed by atoms with E-state index in [9.17, 15) is 9.90 Å². The summed E-state index contributed by atoms with van der Waals surface area (Å²) in [4.78, 5) is 20.1. The molecule has 0 aliphatic carbocycles. The van der Waals surface area contributed by atoms with Crippen molar-refractivity contribution in [3.63, 3.8) is 0 Å². The number of hydrogen-bond acceptors (Lipinski definition) is 11. The van der Waals surface area contributed by atoms with Crippen LogP contribution in [-0.2, 0) is 12.8 Å². The maximum atomic E-state index is 13.2. The molecule has 0 unspecified atom stereocenters. The predicted octanol–water partition coefficient (Wildman–Crippen LogP) is 4.19. The predicted molar refractivity (Wildman–Crippen MR) is 140 cm³/mol. The van der Waals surface area contributed by atoms with E-state index >= 15 is 0 Å². The summed E-state index contributed by atoms with van der Waals surface area (Å²) in [7, 11) is 3.05. The first-order valence-electron chi connectivity index (χ1n) is 12.3. The summed E-state index contributed by atoms with van der Waals surface area (Å²) in [5.74, 6) is 1.10. The molecule has 12 heteroatoms. The number of nitrogens with zero attached hydrogens (tertiary/aromatic N) is 5. The van der Waals surface area contributed by atoms with E-state index in [1.807, 2.05) is 6.92 Å². The quantitative estimate of drug-likeness (QED) is 0.266. The first-order valence-corrected chi connectivity index (χ1v) is 12.3. The van der Waals surface area contributed by atoms with Crippen molar-refractivity contribution in [1.82, 2.24) is 30.4 Å². The summed E-state index contributed by atoms with van der Waals surface area (Å²) in [5, 5.41) is 27.6. The minimum Gasteiger partial charge on any atom is -0.506 e. The Morgan fingerprint density at radius 3 is 2.23 bits per heavy atom. The molecule has 0 saturated carbocycles. The zero-order valence-electron chi connectivity index (χ0n) is 21.6. The maximum absolute atomic E-state index is 13.2. The third kappa shape index (κ3) is 5.08. The lowest BCUT2D eigenvalue weighted by Crippen LogP contribution is -2.14. The van der Waals surface area contributed by atoms with E-state index in [0.717, 1.165) is 12.8 Å². The Kier molecular flexibility index (Phi) is 7.34. The maximum Gasteiger partial charge on any atom is 0.264 e. The second-order valence-corrected chi connectivity index (χ2v) is 8.59. The molecular formula is C27H26N6O6. The van der Waals surface area contributed by atoms with Crippen molar-refractivity contribution >= 4 is 0 Å². The molecule has 2 N–H and O–H groups in total. The normalized spacial score (nSPS) is 11.1. The fraction of sp³-hybridized carbons (Fsp3) is 0.259. The number of aromatic amines is 1. The van der Waals surface area contributed by atoms with Crippen LogP contribution in [0.2, 0.25) is 0 Å². The van der Waals surface area contributed by atoms with Crippen LogP contribution >= 0.6 is 0 Å². The number of rotatable bonds is 10. The molecular weight excluding hydrogens is 504 g/mol. The van der Waals surface area contributed by atoms with E-state index < -0.39 is 5.56 Å². The molecule has 4 aromatic heterocycles. The lowest BCUT2D eigenvalue weighted by Gasteiger charge is -2.18. The highest BCUT2D eigenvalue weighted by atomic mass is 16.5. The van der Waals surface area contributed by atoms with E-state index in [4.69, 9.17) is 18.3 Å². The van der Waals surface area contributed by atoms with Crippen molar-refractivity contribution in [2.75, 3.05) is 14.2 Å². The number of H-pyrrole nitrogens is 1. The number of nitrogens with one attached hydrogen (secondary N) is 1. The van der Waals surface area contributed by atoms with Gasteiger partial charge in [0, 0.05) is 18.1 Å². The van der Waals surface area contributed by atoms with Crippen molar-refractivity contribution in [1.29, 1.82) is 0 Å². The van der Waals surface area contributed by atoms with Crippen LogP contribution in [0.3, 0.4) is 0 Å². The van der Waals surface area contributed by atoms with Gasteiger partial charge >= 0.3 is 0 Å². The molecule has 5 aromatic rings. The van der Waals surface area contributed by atoms with Crippen LogP contribution in [0.1, 0.15) is 37.2 Å². The van der Waals surface area contributed by atoms with Gasteiger partial charge < -0.3 is 28.4 Å². The molecule has 0 atom stereocenters. The van der Waals surface area contributed by atoms with Crippen LogP contribution in [0, 0.1) is 0 Å². The molecule has 0 saturated heterocycles. The van der Waals surface area contributed by atoms with Crippen molar-refractivity contribution in [3.05, 3.63) is 70.6 Å². The van der Waals surface area contributed by atoms with Crippen LogP contribution in [0.4, 0.5) is 0 Å². The van der Waals surface area contributed by atoms with Gasteiger partial charge in [-0.25, -0.2) is 0 Å². The largest absolute Gasteiger partial charge is 0.506 e. The monoisotopic (exact) mass is 530 g/mol. The molecule has 0 aliphatic heterocycles. The highest BCUT2D eigenvalue weighted by molar-refractivity contribution is 5.87. The highest BCUT2D eigenvalue weighted by Crippen LogP contribution is 2.46. The molecule has 39 heavy (non-hydrogen) atoms. The number of aryl methyl sites for hydroxylation is 1. The van der Waals surface area contributed by atoms with Gasteiger partial charge in [-0.1, -0.05) is 19.4 Å². The second kappa shape index (κ2) is 11.2. The van der Waals surface area contributed by atoms with Crippen molar-refractivity contribution < 1.29 is 23.4 Å². The summed E-state index contributed by atoms with van der Waals surface area (Å²) in [6.45, 7) is 2.04. The molecule has 0 bridgehead atoms. The SMILES string of the molecule is CCCCc1[nH]c(=O)c(-c2nnc(Cc3nnc(-c4cccnc4)o3)o2)c(O)c1-c1c(OC)cccc1OC. The summed E-state index contributed by atoms with van der Waals surface area (Å²) in [6.07, 6.45) is 5.47. The van der Waals surface area contributed by atoms with Gasteiger partial charge in [0.1, 0.15) is 29.2 Å². The lowest BCUT2D eigenvalue weighted by atomic mass is 9.96. The number of aromatic hydroxyl groups is 1. The molecule has 0 fully saturated rings. The zero-order valence-corrected chi connectivity index (χ0v) is 21.6. The highest BCUT2D eigenvalue weighted by Gasteiger charge is 2.27. The third-order valence-electron chi connectivity index (χ3n) is 6.08. The summed E-state index contributed by atoms with van der Waals surface area (Å²) in [5.41, 5.74) is 1.34. The standard InChI is InChI=1S/C27H26N6O6/c1-4-5-9-16-21(22-17(36-2)10-6-11-18(22)37-3)24(34)23(25(35)29-16)27-33-31-20(39-27)13-19-30-32-26(38-19)15-8-7-12-28-14-15/h6-8,10-12,14H,4-5,9,13H2,1-3H3,(H2,29,34,35). The third-order valence-corrected chi connectivity index (χ3v) is 6.08. The van der Waals surface area contributed by atoms with E-state index in [1.165, 1.54) is 14.2 Å². The number of aromatic nitrogens is 6. The van der Waals surface area contributed by atoms with Gasteiger partial charge in [0.25, 0.3) is 11.4 Å². The Hall–Kier alpha value is -5.00. The van der Waals surface area contributed by atoms with Gasteiger partial charge in [-0.2, -0.15) is 0 Å². The Morgan fingerprint density at radius 1 is 0.897 bits per heavy atom. The Bertz CT molecular complexity index is 1620. The first-order chi connectivity index (χ1) is 19.0.